The van der Waals surface area contributed by atoms with Crippen LogP contribution in [0.2, 0.25) is 0 Å². The van der Waals surface area contributed by atoms with E-state index < -0.39 is 23.1 Å². The predicted molar refractivity (Wildman–Crippen MR) is 122 cm³/mol. The molecule has 162 valence electrons. The van der Waals surface area contributed by atoms with E-state index in [0.29, 0.717) is 5.13 Å². The highest BCUT2D eigenvalue weighted by Gasteiger charge is 2.13. The number of nitrogens with one attached hydrogen (secondary N) is 2. The van der Waals surface area contributed by atoms with Crippen LogP contribution in [-0.4, -0.2) is 41.1 Å². The van der Waals surface area contributed by atoms with Crippen LogP contribution in [0.15, 0.2) is 72.6 Å². The third-order valence-electron chi connectivity index (χ3n) is 4.44. The molecule has 0 saturated carbocycles. The highest BCUT2D eigenvalue weighted by atomic mass is 32.2. The summed E-state index contributed by atoms with van der Waals surface area (Å²) in [6, 6.07) is 13.1. The second kappa shape index (κ2) is 9.64. The average Bonchev–Trinajstić information content (AvgIpc) is 3.48. The minimum Gasteiger partial charge on any atom is -0.343 e. The number of benzene rings is 1. The Morgan fingerprint density at radius 2 is 1.88 bits per heavy atom. The molecule has 3 N–H and O–H groups in total. The van der Waals surface area contributed by atoms with Crippen LogP contribution in [0.1, 0.15) is 10.4 Å². The van der Waals surface area contributed by atoms with E-state index in [-0.39, 0.29) is 12.1 Å². The van der Waals surface area contributed by atoms with Crippen LogP contribution >= 0.6 is 11.3 Å². The summed E-state index contributed by atoms with van der Waals surface area (Å²) in [6.07, 6.45) is 5.99. The first-order valence-electron chi connectivity index (χ1n) is 9.33. The number of aromatic nitrogens is 3. The first kappa shape index (κ1) is 21.6. The Morgan fingerprint density at radius 1 is 1.09 bits per heavy atom. The molecule has 11 heteroatoms. The molecule has 0 saturated heterocycles. The maximum absolute atomic E-state index is 12.2. The third-order valence-corrected chi connectivity index (χ3v) is 5.79. The van der Waals surface area contributed by atoms with Crippen molar-refractivity contribution in [3.63, 3.8) is 0 Å². The Morgan fingerprint density at radius 3 is 2.62 bits per heavy atom. The Balaban J connectivity index is 1.36. The molecule has 0 spiro atoms. The van der Waals surface area contributed by atoms with E-state index in [0.717, 1.165) is 26.4 Å². The maximum atomic E-state index is 12.2. The topological polar surface area (TPSA) is 126 Å². The second-order valence-electron chi connectivity index (χ2n) is 6.58. The molecule has 0 aliphatic rings. The number of carbonyl (C=O) groups is 2. The van der Waals surface area contributed by atoms with E-state index in [1.54, 1.807) is 12.4 Å². The number of hydrogen-bond donors (Lipinski definition) is 3. The van der Waals surface area contributed by atoms with Gasteiger partial charge in [0.25, 0.3) is 17.2 Å². The monoisotopic (exact) mass is 467 g/mol. The van der Waals surface area contributed by atoms with Gasteiger partial charge in [0.05, 0.1) is 17.8 Å². The average molecular weight is 468 g/mol. The lowest BCUT2D eigenvalue weighted by atomic mass is 10.0. The number of anilines is 1. The van der Waals surface area contributed by atoms with Gasteiger partial charge in [-0.1, -0.05) is 18.2 Å². The fourth-order valence-corrected chi connectivity index (χ4v) is 4.01. The Hall–Kier alpha value is -3.67. The van der Waals surface area contributed by atoms with Gasteiger partial charge in [0.2, 0.25) is 5.91 Å². The number of amides is 2. The molecule has 0 radical (unpaired) electrons. The molecule has 9 nitrogen and oxygen atoms in total. The highest BCUT2D eigenvalue weighted by Crippen LogP contribution is 2.28. The normalized spacial score (nSPS) is 11.7. The van der Waals surface area contributed by atoms with E-state index in [1.807, 2.05) is 41.8 Å². The van der Waals surface area contributed by atoms with Crippen molar-refractivity contribution in [1.82, 2.24) is 19.3 Å². The molecule has 3 heterocycles. The van der Waals surface area contributed by atoms with Crippen LogP contribution in [0.5, 0.6) is 0 Å². The summed E-state index contributed by atoms with van der Waals surface area (Å²) < 4.78 is 20.9. The number of carbonyl (C=O) groups excluding carboxylic acids is 2. The molecule has 32 heavy (non-hydrogen) atoms. The quantitative estimate of drug-likeness (QED) is 0.359. The zero-order valence-electron chi connectivity index (χ0n) is 16.5. The van der Waals surface area contributed by atoms with E-state index in [4.69, 9.17) is 4.55 Å². The van der Waals surface area contributed by atoms with Gasteiger partial charge in [-0.05, 0) is 35.4 Å². The first-order chi connectivity index (χ1) is 15.5. The largest absolute Gasteiger partial charge is 0.343 e. The van der Waals surface area contributed by atoms with E-state index in [9.17, 15) is 13.8 Å². The highest BCUT2D eigenvalue weighted by molar-refractivity contribution is 7.77. The Labute approximate surface area is 189 Å². The fraction of sp³-hybridized carbons (Fsp3) is 0.0476. The van der Waals surface area contributed by atoms with E-state index in [1.165, 1.54) is 29.8 Å². The lowest BCUT2D eigenvalue weighted by Crippen LogP contribution is -2.32. The van der Waals surface area contributed by atoms with Gasteiger partial charge < -0.3 is 10.6 Å². The Kier molecular flexibility index (Phi) is 6.50. The smallest absolute Gasteiger partial charge is 0.265 e. The lowest BCUT2D eigenvalue weighted by molar-refractivity contribution is -0.115. The van der Waals surface area contributed by atoms with Crippen LogP contribution in [0, 0.1) is 0 Å². The van der Waals surface area contributed by atoms with Crippen molar-refractivity contribution < 1.29 is 18.4 Å². The second-order valence-corrected chi connectivity index (χ2v) is 8.32. The summed E-state index contributed by atoms with van der Waals surface area (Å²) in [7, 11) is 0. The molecule has 0 bridgehead atoms. The number of rotatable bonds is 7. The summed E-state index contributed by atoms with van der Waals surface area (Å²) in [6.45, 7) is -0.265. The summed E-state index contributed by atoms with van der Waals surface area (Å²) in [5.41, 5.74) is 3.89. The van der Waals surface area contributed by atoms with Crippen LogP contribution in [0.4, 0.5) is 5.13 Å². The van der Waals surface area contributed by atoms with Crippen molar-refractivity contribution in [3.05, 3.63) is 78.2 Å². The zero-order chi connectivity index (χ0) is 22.5. The molecule has 3 aromatic heterocycles. The van der Waals surface area contributed by atoms with Crippen molar-refractivity contribution in [1.29, 1.82) is 0 Å². The van der Waals surface area contributed by atoms with Gasteiger partial charge in [-0.25, -0.2) is 9.19 Å². The van der Waals surface area contributed by atoms with Crippen molar-refractivity contribution in [2.45, 2.75) is 0 Å². The number of nitrogens with zero attached hydrogens (tertiary/aromatic N) is 3. The molecule has 4 rings (SSSR count). The van der Waals surface area contributed by atoms with E-state index in [2.05, 4.69) is 20.6 Å². The van der Waals surface area contributed by atoms with Gasteiger partial charge in [-0.3, -0.25) is 23.1 Å². The molecule has 4 aromatic rings. The minimum atomic E-state index is -2.24. The van der Waals surface area contributed by atoms with Gasteiger partial charge in [0.15, 0.2) is 5.13 Å². The molecule has 1 atom stereocenters. The van der Waals surface area contributed by atoms with Crippen LogP contribution in [-0.2, 0) is 16.1 Å². The van der Waals surface area contributed by atoms with Crippen molar-refractivity contribution >= 4 is 39.5 Å². The minimum absolute atomic E-state index is 0.172. The standard InChI is InChI=1S/C21H17N5O4S2/c27-19(11-23-20(28)17-6-9-26(12-17)32(29)30)25-21-24-18(13-31-21)16-3-1-2-15(10-16)14-4-7-22-8-5-14/h1-10,12-13H,11H2,(H,23,28)(H,29,30)(H,24,25,27). The molecule has 1 unspecified atom stereocenters. The first-order valence-corrected chi connectivity index (χ1v) is 11.3. The summed E-state index contributed by atoms with van der Waals surface area (Å²) in [4.78, 5) is 32.8. The third kappa shape index (κ3) is 5.14. The summed E-state index contributed by atoms with van der Waals surface area (Å²) in [5.74, 6) is -0.966. The van der Waals surface area contributed by atoms with Crippen LogP contribution in [0.25, 0.3) is 22.4 Å². The zero-order valence-corrected chi connectivity index (χ0v) is 18.1. The molecule has 0 aliphatic heterocycles. The SMILES string of the molecule is O=C(CNC(=O)c1ccn(S(=O)O)c1)Nc1nc(-c2cccc(-c3ccncc3)c2)cs1. The number of thiazole rings is 1. The number of hydrogen-bond acceptors (Lipinski definition) is 6. The lowest BCUT2D eigenvalue weighted by Gasteiger charge is -2.04. The van der Waals surface area contributed by atoms with Crippen molar-refractivity contribution in [3.8, 4) is 22.4 Å². The van der Waals surface area contributed by atoms with Crippen molar-refractivity contribution in [2.75, 3.05) is 11.9 Å². The van der Waals surface area contributed by atoms with Gasteiger partial charge in [-0.15, -0.1) is 11.3 Å². The summed E-state index contributed by atoms with van der Waals surface area (Å²) in [5, 5.41) is 7.38. The fourth-order valence-electron chi connectivity index (χ4n) is 2.90. The summed E-state index contributed by atoms with van der Waals surface area (Å²) >= 11 is -0.962. The maximum Gasteiger partial charge on any atom is 0.265 e. The van der Waals surface area contributed by atoms with Gasteiger partial charge in [0.1, 0.15) is 0 Å². The Bertz CT molecular complexity index is 1290. The molecule has 0 aliphatic carbocycles. The van der Waals surface area contributed by atoms with E-state index >= 15 is 0 Å². The molecule has 2 amide bonds. The van der Waals surface area contributed by atoms with Crippen molar-refractivity contribution in [2.24, 2.45) is 0 Å². The molecule has 1 aromatic carbocycles. The van der Waals surface area contributed by atoms with Gasteiger partial charge in [-0.2, -0.15) is 0 Å². The van der Waals surface area contributed by atoms with Gasteiger partial charge in [0, 0.05) is 35.7 Å². The molecular formula is C21H17N5O4S2. The predicted octanol–water partition coefficient (Wildman–Crippen LogP) is 3.03. The molecule has 0 fully saturated rings. The van der Waals surface area contributed by atoms with Crippen LogP contribution in [0.3, 0.4) is 0 Å². The molecular weight excluding hydrogens is 450 g/mol. The van der Waals surface area contributed by atoms with Crippen LogP contribution < -0.4 is 10.6 Å². The number of pyridine rings is 1. The van der Waals surface area contributed by atoms with Gasteiger partial charge >= 0.3 is 0 Å².